The number of rotatable bonds is 1. The fourth-order valence-corrected chi connectivity index (χ4v) is 4.85. The van der Waals surface area contributed by atoms with Crippen molar-refractivity contribution in [3.05, 3.63) is 98.7 Å². The van der Waals surface area contributed by atoms with Gasteiger partial charge in [0.1, 0.15) is 18.0 Å². The molecule has 1 N–H and O–H groups in total. The first-order chi connectivity index (χ1) is 15.8. The van der Waals surface area contributed by atoms with Gasteiger partial charge in [-0.25, -0.2) is 13.2 Å². The molecule has 0 fully saturated rings. The van der Waals surface area contributed by atoms with Crippen LogP contribution in [0.4, 0.5) is 13.2 Å². The molecule has 2 aliphatic heterocycles. The molecular weight excluding hydrogens is 435 g/mol. The van der Waals surface area contributed by atoms with E-state index < -0.39 is 46.7 Å². The summed E-state index contributed by atoms with van der Waals surface area (Å²) >= 11 is 0. The second-order valence-corrected chi connectivity index (χ2v) is 8.28. The largest absolute Gasteiger partial charge is 0.502 e. The first-order valence-electron chi connectivity index (χ1n) is 10.5. The highest BCUT2D eigenvalue weighted by Crippen LogP contribution is 2.40. The molecule has 1 aromatic heterocycles. The summed E-state index contributed by atoms with van der Waals surface area (Å²) in [6, 6.07) is 8.29. The van der Waals surface area contributed by atoms with E-state index >= 15 is 4.39 Å². The summed E-state index contributed by atoms with van der Waals surface area (Å²) in [5, 5.41) is 12.1. The molecule has 0 aliphatic carbocycles. The molecule has 0 spiro atoms. The van der Waals surface area contributed by atoms with Gasteiger partial charge in [0.05, 0.1) is 0 Å². The molecule has 6 nitrogen and oxygen atoms in total. The minimum atomic E-state index is -1.07. The molecule has 0 saturated carbocycles. The molecule has 170 valence electrons. The summed E-state index contributed by atoms with van der Waals surface area (Å²) in [5.41, 5.74) is 0.0443. The van der Waals surface area contributed by atoms with Crippen LogP contribution in [0.1, 0.15) is 46.1 Å². The van der Waals surface area contributed by atoms with Crippen LogP contribution in [-0.2, 0) is 6.42 Å². The standard InChI is InChI=1S/C24H20F3N3O3/c1-28-20-8-4-5-13-11-17(26)18(27)12-15(13)21(14-6-2-3-7-16(14)25)30(20)29-10-9-19(31)23(32)22(29)24(28)33/h2-3,6-7,9-12,20-21,32H,4-5,8H2,1H3. The number of fused-ring (bicyclic) bond motifs is 4. The zero-order valence-corrected chi connectivity index (χ0v) is 17.6. The van der Waals surface area contributed by atoms with E-state index in [2.05, 4.69) is 0 Å². The van der Waals surface area contributed by atoms with Gasteiger partial charge < -0.3 is 10.0 Å². The Morgan fingerprint density at radius 1 is 0.970 bits per heavy atom. The van der Waals surface area contributed by atoms with Crippen LogP contribution >= 0.6 is 0 Å². The Morgan fingerprint density at radius 3 is 2.45 bits per heavy atom. The van der Waals surface area contributed by atoms with Crippen molar-refractivity contribution in [2.75, 3.05) is 12.1 Å². The molecule has 0 radical (unpaired) electrons. The second kappa shape index (κ2) is 7.68. The van der Waals surface area contributed by atoms with E-state index in [1.165, 1.54) is 35.0 Å². The average molecular weight is 455 g/mol. The summed E-state index contributed by atoms with van der Waals surface area (Å²) < 4.78 is 45.1. The Labute approximate surface area is 187 Å². The Hall–Kier alpha value is -3.75. The van der Waals surface area contributed by atoms with E-state index in [1.54, 1.807) is 17.1 Å². The number of nitrogens with zero attached hydrogens (tertiary/aromatic N) is 3. The van der Waals surface area contributed by atoms with Crippen LogP contribution in [0, 0.1) is 17.5 Å². The highest BCUT2D eigenvalue weighted by molar-refractivity contribution is 5.96. The van der Waals surface area contributed by atoms with Crippen molar-refractivity contribution >= 4 is 5.91 Å². The number of carbonyl (C=O) groups is 1. The molecule has 0 bridgehead atoms. The molecule has 2 aliphatic rings. The summed E-state index contributed by atoms with van der Waals surface area (Å²) in [5.74, 6) is -3.93. The number of pyridine rings is 1. The molecule has 0 saturated heterocycles. The number of aromatic nitrogens is 1. The first-order valence-corrected chi connectivity index (χ1v) is 10.5. The number of hydrogen-bond acceptors (Lipinski definition) is 4. The van der Waals surface area contributed by atoms with E-state index in [0.717, 1.165) is 18.2 Å². The first kappa shape index (κ1) is 21.1. The maximum absolute atomic E-state index is 15.2. The second-order valence-electron chi connectivity index (χ2n) is 8.28. The van der Waals surface area contributed by atoms with Gasteiger partial charge in [-0.2, -0.15) is 0 Å². The van der Waals surface area contributed by atoms with Crippen molar-refractivity contribution in [2.45, 2.75) is 31.5 Å². The number of amides is 1. The summed E-state index contributed by atoms with van der Waals surface area (Å²) in [6.07, 6.45) is 2.13. The van der Waals surface area contributed by atoms with Gasteiger partial charge in [0, 0.05) is 24.9 Å². The molecule has 2 atom stereocenters. The van der Waals surface area contributed by atoms with Crippen LogP contribution in [0.15, 0.2) is 53.5 Å². The van der Waals surface area contributed by atoms with Crippen molar-refractivity contribution in [1.82, 2.24) is 9.58 Å². The molecule has 3 aromatic rings. The molecule has 2 aromatic carbocycles. The SMILES string of the molecule is CN1C(=O)c2c(O)c(=O)ccn2N2C(c3ccccc3F)c3cc(F)c(F)cc3CCCC12. The third kappa shape index (κ3) is 3.18. The Bertz CT molecular complexity index is 1340. The minimum absolute atomic E-state index is 0.184. The van der Waals surface area contributed by atoms with E-state index in [0.29, 0.717) is 30.4 Å². The Kier molecular flexibility index (Phi) is 4.92. The fraction of sp³-hybridized carbons (Fsp3) is 0.250. The average Bonchev–Trinajstić information content (AvgIpc) is 2.78. The lowest BCUT2D eigenvalue weighted by Gasteiger charge is -2.50. The maximum Gasteiger partial charge on any atom is 0.277 e. The third-order valence-corrected chi connectivity index (χ3v) is 6.43. The number of benzene rings is 2. The van der Waals surface area contributed by atoms with E-state index in [-0.39, 0.29) is 11.3 Å². The van der Waals surface area contributed by atoms with Crippen molar-refractivity contribution in [2.24, 2.45) is 0 Å². The molecule has 1 amide bonds. The monoisotopic (exact) mass is 455 g/mol. The van der Waals surface area contributed by atoms with E-state index in [9.17, 15) is 23.5 Å². The molecule has 5 rings (SSSR count). The lowest BCUT2D eigenvalue weighted by atomic mass is 9.88. The van der Waals surface area contributed by atoms with Gasteiger partial charge in [0.15, 0.2) is 23.1 Å². The number of hydrogen-bond donors (Lipinski definition) is 1. The van der Waals surface area contributed by atoms with Crippen molar-refractivity contribution in [1.29, 1.82) is 0 Å². The van der Waals surface area contributed by atoms with Crippen LogP contribution in [0.2, 0.25) is 0 Å². The highest BCUT2D eigenvalue weighted by Gasteiger charge is 2.43. The van der Waals surface area contributed by atoms with Gasteiger partial charge in [0.2, 0.25) is 5.43 Å². The zero-order valence-electron chi connectivity index (χ0n) is 17.6. The summed E-state index contributed by atoms with van der Waals surface area (Å²) in [7, 11) is 1.53. The normalized spacial score (nSPS) is 19.9. The quantitative estimate of drug-likeness (QED) is 0.611. The summed E-state index contributed by atoms with van der Waals surface area (Å²) in [4.78, 5) is 26.6. The molecule has 33 heavy (non-hydrogen) atoms. The van der Waals surface area contributed by atoms with Gasteiger partial charge in [-0.3, -0.25) is 19.3 Å². The predicted octanol–water partition coefficient (Wildman–Crippen LogP) is 3.45. The van der Waals surface area contributed by atoms with Gasteiger partial charge in [-0.15, -0.1) is 0 Å². The lowest BCUT2D eigenvalue weighted by molar-refractivity contribution is 0.0599. The number of aromatic hydroxyl groups is 1. The smallest absolute Gasteiger partial charge is 0.277 e. The molecule has 2 unspecified atom stereocenters. The summed E-state index contributed by atoms with van der Waals surface area (Å²) in [6.45, 7) is 0. The van der Waals surface area contributed by atoms with Crippen molar-refractivity contribution < 1.29 is 23.1 Å². The lowest BCUT2D eigenvalue weighted by Crippen LogP contribution is -2.61. The maximum atomic E-state index is 15.2. The topological polar surface area (TPSA) is 65.8 Å². The van der Waals surface area contributed by atoms with E-state index in [4.69, 9.17) is 0 Å². The van der Waals surface area contributed by atoms with Crippen LogP contribution in [0.25, 0.3) is 0 Å². The molecule has 9 heteroatoms. The minimum Gasteiger partial charge on any atom is -0.502 e. The van der Waals surface area contributed by atoms with Gasteiger partial charge in [-0.1, -0.05) is 18.2 Å². The van der Waals surface area contributed by atoms with Crippen LogP contribution in [0.3, 0.4) is 0 Å². The predicted molar refractivity (Wildman–Crippen MR) is 114 cm³/mol. The Balaban J connectivity index is 1.87. The Morgan fingerprint density at radius 2 is 1.70 bits per heavy atom. The van der Waals surface area contributed by atoms with Crippen molar-refractivity contribution in [3.63, 3.8) is 0 Å². The van der Waals surface area contributed by atoms with Crippen LogP contribution in [-0.4, -0.2) is 33.8 Å². The third-order valence-electron chi connectivity index (χ3n) is 6.43. The molecule has 3 heterocycles. The highest BCUT2D eigenvalue weighted by atomic mass is 19.2. The van der Waals surface area contributed by atoms with Crippen molar-refractivity contribution in [3.8, 4) is 5.75 Å². The zero-order chi connectivity index (χ0) is 23.4. The van der Waals surface area contributed by atoms with Gasteiger partial charge >= 0.3 is 0 Å². The van der Waals surface area contributed by atoms with Crippen LogP contribution in [0.5, 0.6) is 5.75 Å². The van der Waals surface area contributed by atoms with Gasteiger partial charge in [-0.05, 0) is 48.6 Å². The number of aryl methyl sites for hydroxylation is 1. The van der Waals surface area contributed by atoms with Gasteiger partial charge in [0.25, 0.3) is 5.91 Å². The van der Waals surface area contributed by atoms with Crippen LogP contribution < -0.4 is 10.4 Å². The fourth-order valence-electron chi connectivity index (χ4n) is 4.85. The number of halogens is 3. The molecular formula is C24H20F3N3O3. The van der Waals surface area contributed by atoms with E-state index in [1.807, 2.05) is 0 Å². The number of carbonyl (C=O) groups excluding carboxylic acids is 1.